The van der Waals surface area contributed by atoms with Crippen LogP contribution in [0.25, 0.3) is 0 Å². The van der Waals surface area contributed by atoms with E-state index in [9.17, 15) is 19.4 Å². The van der Waals surface area contributed by atoms with E-state index >= 15 is 0 Å². The second-order valence-corrected chi connectivity index (χ2v) is 7.81. The van der Waals surface area contributed by atoms with Crippen molar-refractivity contribution >= 4 is 5.82 Å². The zero-order chi connectivity index (χ0) is 20.6. The summed E-state index contributed by atoms with van der Waals surface area (Å²) in [6, 6.07) is 1.32. The van der Waals surface area contributed by atoms with E-state index in [1.54, 1.807) is 6.20 Å². The normalized spacial score (nSPS) is 30.7. The maximum atomic E-state index is 14.9. The Morgan fingerprint density at radius 2 is 2.10 bits per heavy atom. The Bertz CT molecular complexity index is 914. The predicted octanol–water partition coefficient (Wildman–Crippen LogP) is 0.113. The second-order valence-electron chi connectivity index (χ2n) is 7.81. The molecule has 1 aliphatic heterocycles. The van der Waals surface area contributed by atoms with E-state index in [4.69, 9.17) is 10.5 Å². The fraction of sp³-hybridized carbons (Fsp3) is 0.667. The molecule has 4 rings (SSSR count). The lowest BCUT2D eigenvalue weighted by Gasteiger charge is -2.29. The molecular formula is C18H25FN6O4. The van der Waals surface area contributed by atoms with Crippen LogP contribution in [0.2, 0.25) is 0 Å². The van der Waals surface area contributed by atoms with Gasteiger partial charge in [-0.05, 0) is 18.4 Å². The zero-order valence-corrected chi connectivity index (χ0v) is 15.9. The number of rotatable bonds is 5. The number of aliphatic hydroxyl groups excluding tert-OH is 2. The molecule has 10 nitrogen and oxygen atoms in total. The van der Waals surface area contributed by atoms with Crippen molar-refractivity contribution in [3.8, 4) is 0 Å². The topological polar surface area (TPSA) is 141 Å². The predicted molar refractivity (Wildman–Crippen MR) is 99.3 cm³/mol. The number of nitrogens with zero attached hydrogens (tertiary/aromatic N) is 5. The van der Waals surface area contributed by atoms with Crippen LogP contribution in [-0.4, -0.2) is 53.6 Å². The van der Waals surface area contributed by atoms with Crippen molar-refractivity contribution in [2.75, 3.05) is 12.3 Å². The fourth-order valence-electron chi connectivity index (χ4n) is 4.24. The Morgan fingerprint density at radius 1 is 1.34 bits per heavy atom. The van der Waals surface area contributed by atoms with Gasteiger partial charge in [0.25, 0.3) is 0 Å². The van der Waals surface area contributed by atoms with Crippen LogP contribution in [0.5, 0.6) is 0 Å². The van der Waals surface area contributed by atoms with Crippen molar-refractivity contribution in [3.63, 3.8) is 0 Å². The first-order chi connectivity index (χ1) is 13.9. The minimum atomic E-state index is -2.00. The Kier molecular flexibility index (Phi) is 5.36. The Hall–Kier alpha value is -2.37. The highest BCUT2D eigenvalue weighted by Crippen LogP contribution is 2.41. The standard InChI is InChI=1S/C18H25FN6O4/c19-14-15(27)18(10-26,29-16(14)24-7-6-13(20)21-17(24)28)25-9-12(22-23-25)8-11-4-2-1-3-5-11/h6-7,9,11,14-16,26-27H,1-5,8,10H2,(H2,20,21,28)/t14-,15-,16+,18+/m0/s1. The minimum absolute atomic E-state index is 0.0164. The first-order valence-electron chi connectivity index (χ1n) is 9.82. The number of aromatic nitrogens is 5. The molecule has 1 saturated heterocycles. The molecule has 3 heterocycles. The van der Waals surface area contributed by atoms with Gasteiger partial charge in [-0.15, -0.1) is 5.10 Å². The SMILES string of the molecule is Nc1ccn([C@@H]2O[C@@](CO)(n3cc(CC4CCCCC4)nn3)[C@@H](O)[C@@H]2F)c(=O)n1. The molecule has 2 aromatic heterocycles. The molecule has 4 N–H and O–H groups in total. The van der Waals surface area contributed by atoms with Crippen LogP contribution in [0.4, 0.5) is 10.2 Å². The summed E-state index contributed by atoms with van der Waals surface area (Å²) in [4.78, 5) is 15.6. The number of halogens is 1. The van der Waals surface area contributed by atoms with Crippen molar-refractivity contribution in [1.29, 1.82) is 0 Å². The molecule has 2 aliphatic rings. The Balaban J connectivity index is 1.60. The molecule has 29 heavy (non-hydrogen) atoms. The third-order valence-electron chi connectivity index (χ3n) is 5.86. The molecule has 1 aliphatic carbocycles. The fourth-order valence-corrected chi connectivity index (χ4v) is 4.24. The van der Waals surface area contributed by atoms with Crippen LogP contribution in [0.3, 0.4) is 0 Å². The molecular weight excluding hydrogens is 383 g/mol. The summed E-state index contributed by atoms with van der Waals surface area (Å²) in [6.07, 6.45) is 4.12. The summed E-state index contributed by atoms with van der Waals surface area (Å²) in [6.45, 7) is -0.755. The van der Waals surface area contributed by atoms with Gasteiger partial charge in [-0.1, -0.05) is 37.3 Å². The number of hydrogen-bond acceptors (Lipinski definition) is 8. The van der Waals surface area contributed by atoms with Crippen LogP contribution in [0.15, 0.2) is 23.3 Å². The number of ether oxygens (including phenoxy) is 1. The van der Waals surface area contributed by atoms with Gasteiger partial charge in [0.1, 0.15) is 11.9 Å². The van der Waals surface area contributed by atoms with Gasteiger partial charge in [0.2, 0.25) is 5.72 Å². The van der Waals surface area contributed by atoms with Crippen LogP contribution < -0.4 is 11.4 Å². The summed E-state index contributed by atoms with van der Waals surface area (Å²) in [5.74, 6) is 0.492. The minimum Gasteiger partial charge on any atom is -0.391 e. The zero-order valence-electron chi connectivity index (χ0n) is 15.9. The maximum absolute atomic E-state index is 14.9. The van der Waals surface area contributed by atoms with Crippen molar-refractivity contribution in [2.24, 2.45) is 5.92 Å². The molecule has 4 atom stereocenters. The van der Waals surface area contributed by atoms with E-state index in [1.807, 2.05) is 0 Å². The summed E-state index contributed by atoms with van der Waals surface area (Å²) < 4.78 is 22.7. The van der Waals surface area contributed by atoms with E-state index in [0.29, 0.717) is 11.6 Å². The van der Waals surface area contributed by atoms with E-state index in [0.717, 1.165) is 28.5 Å². The van der Waals surface area contributed by atoms with Gasteiger partial charge < -0.3 is 20.7 Å². The van der Waals surface area contributed by atoms with Gasteiger partial charge in [-0.25, -0.2) is 13.9 Å². The number of alkyl halides is 1. The van der Waals surface area contributed by atoms with Crippen LogP contribution >= 0.6 is 0 Å². The van der Waals surface area contributed by atoms with Gasteiger partial charge >= 0.3 is 5.69 Å². The largest absolute Gasteiger partial charge is 0.391 e. The Labute approximate surface area is 166 Å². The molecule has 0 unspecified atom stereocenters. The lowest BCUT2D eigenvalue weighted by Crippen LogP contribution is -2.48. The highest BCUT2D eigenvalue weighted by atomic mass is 19.1. The van der Waals surface area contributed by atoms with E-state index in [2.05, 4.69) is 15.3 Å². The van der Waals surface area contributed by atoms with Gasteiger partial charge in [-0.2, -0.15) is 4.98 Å². The molecule has 158 valence electrons. The van der Waals surface area contributed by atoms with Crippen LogP contribution in [0, 0.1) is 5.92 Å². The van der Waals surface area contributed by atoms with Gasteiger partial charge in [-0.3, -0.25) is 4.57 Å². The molecule has 2 aromatic rings. The highest BCUT2D eigenvalue weighted by Gasteiger charge is 2.58. The average molecular weight is 408 g/mol. The van der Waals surface area contributed by atoms with Crippen molar-refractivity contribution in [1.82, 2.24) is 24.5 Å². The first kappa shape index (κ1) is 19.9. The molecule has 0 aromatic carbocycles. The number of aliphatic hydroxyl groups is 2. The third kappa shape index (κ3) is 3.53. The molecule has 11 heteroatoms. The lowest BCUT2D eigenvalue weighted by molar-refractivity contribution is -0.187. The number of nitrogens with two attached hydrogens (primary N) is 1. The van der Waals surface area contributed by atoms with Crippen LogP contribution in [0.1, 0.15) is 44.0 Å². The highest BCUT2D eigenvalue weighted by molar-refractivity contribution is 5.23. The second kappa shape index (κ2) is 7.81. The quantitative estimate of drug-likeness (QED) is 0.633. The summed E-state index contributed by atoms with van der Waals surface area (Å²) in [7, 11) is 0. The van der Waals surface area contributed by atoms with E-state index in [1.165, 1.54) is 31.5 Å². The average Bonchev–Trinajstić information content (AvgIpc) is 3.27. The smallest absolute Gasteiger partial charge is 0.351 e. The van der Waals surface area contributed by atoms with Gasteiger partial charge in [0.05, 0.1) is 18.5 Å². The maximum Gasteiger partial charge on any atom is 0.351 e. The van der Waals surface area contributed by atoms with E-state index < -0.39 is 36.5 Å². The molecule has 2 fully saturated rings. The Morgan fingerprint density at radius 3 is 2.79 bits per heavy atom. The van der Waals surface area contributed by atoms with Gasteiger partial charge in [0.15, 0.2) is 12.4 Å². The lowest BCUT2D eigenvalue weighted by atomic mass is 9.86. The van der Waals surface area contributed by atoms with Crippen molar-refractivity contribution in [3.05, 3.63) is 34.6 Å². The molecule has 0 bridgehead atoms. The molecule has 0 radical (unpaired) electrons. The summed E-state index contributed by atoms with van der Waals surface area (Å²) in [5.41, 5.74) is 3.43. The van der Waals surface area contributed by atoms with Crippen molar-refractivity contribution in [2.45, 2.75) is 62.8 Å². The number of nitrogen functional groups attached to an aromatic ring is 1. The van der Waals surface area contributed by atoms with Gasteiger partial charge in [0, 0.05) is 6.20 Å². The molecule has 0 amide bonds. The van der Waals surface area contributed by atoms with Crippen molar-refractivity contribution < 1.29 is 19.3 Å². The molecule has 0 spiro atoms. The molecule has 1 saturated carbocycles. The summed E-state index contributed by atoms with van der Waals surface area (Å²) in [5, 5.41) is 28.7. The third-order valence-corrected chi connectivity index (χ3v) is 5.86. The van der Waals surface area contributed by atoms with Crippen LogP contribution in [-0.2, 0) is 16.9 Å². The first-order valence-corrected chi connectivity index (χ1v) is 9.82. The monoisotopic (exact) mass is 408 g/mol. The number of hydrogen-bond donors (Lipinski definition) is 3. The summed E-state index contributed by atoms with van der Waals surface area (Å²) >= 11 is 0. The van der Waals surface area contributed by atoms with E-state index in [-0.39, 0.29) is 5.82 Å². The number of anilines is 1.